The van der Waals surface area contributed by atoms with Crippen LogP contribution in [0.3, 0.4) is 0 Å². The molecule has 0 unspecified atom stereocenters. The number of nitrogens with zero attached hydrogens (tertiary/aromatic N) is 2. The first-order valence-electron chi connectivity index (χ1n) is 14.2. The standard InChI is InChI=1S/C31H43ClN4O5S.ClH/c1-7-31(8-2)25(27(42(39,40)35(31)6)23-15-17-24(32)18-16-23)19-36(9-3)28(37)26(34-29(38)30(4,5)33)21-41-20-22-13-11-10-12-14-22;/h10-18,26H,7-9,19-21,33H2,1-6H3,(H,34,38);1H/t26-;/m1./s1. The Morgan fingerprint density at radius 1 is 1.07 bits per heavy atom. The largest absolute Gasteiger partial charge is 0.374 e. The van der Waals surface area contributed by atoms with Crippen LogP contribution in [-0.4, -0.2) is 73.3 Å². The monoisotopic (exact) mass is 654 g/mol. The summed E-state index contributed by atoms with van der Waals surface area (Å²) >= 11 is 6.12. The Balaban J connectivity index is 0.00000645. The first kappa shape index (κ1) is 36.7. The number of rotatable bonds is 13. The van der Waals surface area contributed by atoms with Gasteiger partial charge in [0.2, 0.25) is 21.8 Å². The number of nitrogens with two attached hydrogens (primary N) is 1. The minimum atomic E-state index is -3.87. The molecule has 238 valence electrons. The minimum absolute atomic E-state index is 0. The molecular weight excluding hydrogens is 611 g/mol. The summed E-state index contributed by atoms with van der Waals surface area (Å²) in [5.74, 6) is -0.889. The van der Waals surface area contributed by atoms with Gasteiger partial charge in [-0.25, -0.2) is 8.42 Å². The predicted octanol–water partition coefficient (Wildman–Crippen LogP) is 4.59. The van der Waals surface area contributed by atoms with Crippen LogP contribution >= 0.6 is 24.0 Å². The molecule has 43 heavy (non-hydrogen) atoms. The molecule has 2 aromatic carbocycles. The van der Waals surface area contributed by atoms with E-state index < -0.39 is 33.1 Å². The molecule has 1 heterocycles. The lowest BCUT2D eigenvalue weighted by atomic mass is 9.82. The number of sulfonamides is 1. The summed E-state index contributed by atoms with van der Waals surface area (Å²) in [4.78, 5) is 28.7. The number of hydrogen-bond acceptors (Lipinski definition) is 6. The summed E-state index contributed by atoms with van der Waals surface area (Å²) < 4.78 is 35.0. The molecule has 0 aromatic heterocycles. The highest BCUT2D eigenvalue weighted by molar-refractivity contribution is 7.98. The van der Waals surface area contributed by atoms with Crippen molar-refractivity contribution in [3.63, 3.8) is 0 Å². The summed E-state index contributed by atoms with van der Waals surface area (Å²) in [5, 5.41) is 3.26. The Morgan fingerprint density at radius 2 is 1.65 bits per heavy atom. The van der Waals surface area contributed by atoms with Crippen molar-refractivity contribution in [1.82, 2.24) is 14.5 Å². The smallest absolute Gasteiger partial charge is 0.247 e. The van der Waals surface area contributed by atoms with E-state index in [2.05, 4.69) is 5.32 Å². The summed E-state index contributed by atoms with van der Waals surface area (Å²) in [7, 11) is -2.28. The minimum Gasteiger partial charge on any atom is -0.374 e. The van der Waals surface area contributed by atoms with E-state index in [9.17, 15) is 18.0 Å². The van der Waals surface area contributed by atoms with Crippen LogP contribution < -0.4 is 11.1 Å². The Hall–Kier alpha value is -2.47. The van der Waals surface area contributed by atoms with Gasteiger partial charge in [-0.1, -0.05) is 67.9 Å². The Labute approximate surface area is 267 Å². The lowest BCUT2D eigenvalue weighted by Crippen LogP contribution is -2.58. The van der Waals surface area contributed by atoms with Gasteiger partial charge in [0.15, 0.2) is 0 Å². The third-order valence-corrected chi connectivity index (χ3v) is 10.3. The van der Waals surface area contributed by atoms with Crippen LogP contribution in [0.4, 0.5) is 0 Å². The van der Waals surface area contributed by atoms with Gasteiger partial charge in [-0.15, -0.1) is 12.4 Å². The number of halogens is 2. The van der Waals surface area contributed by atoms with Crippen LogP contribution in [0.15, 0.2) is 60.2 Å². The van der Waals surface area contributed by atoms with Crippen molar-refractivity contribution in [2.45, 2.75) is 71.2 Å². The molecule has 0 saturated carbocycles. The number of hydrogen-bond donors (Lipinski definition) is 2. The SMILES string of the molecule is CCN(CC1=C(c2ccc(Cl)cc2)S(=O)(=O)N(C)C1(CC)CC)C(=O)[C@@H](COCc1ccccc1)NC(=O)C(C)(C)N.Cl. The maximum Gasteiger partial charge on any atom is 0.247 e. The van der Waals surface area contributed by atoms with Crippen molar-refractivity contribution in [2.24, 2.45) is 5.73 Å². The van der Waals surface area contributed by atoms with Crippen molar-refractivity contribution in [1.29, 1.82) is 0 Å². The second-order valence-electron chi connectivity index (χ2n) is 11.1. The second-order valence-corrected chi connectivity index (χ2v) is 13.5. The lowest BCUT2D eigenvalue weighted by Gasteiger charge is -2.38. The van der Waals surface area contributed by atoms with Gasteiger partial charge in [0.25, 0.3) is 0 Å². The van der Waals surface area contributed by atoms with Gasteiger partial charge in [0, 0.05) is 25.2 Å². The summed E-state index contributed by atoms with van der Waals surface area (Å²) in [6, 6.07) is 15.2. The number of ether oxygens (including phenoxy) is 1. The van der Waals surface area contributed by atoms with E-state index >= 15 is 0 Å². The molecule has 0 fully saturated rings. The molecule has 9 nitrogen and oxygen atoms in total. The maximum atomic E-state index is 14.1. The molecule has 3 N–H and O–H groups in total. The van der Waals surface area contributed by atoms with Crippen molar-refractivity contribution in [2.75, 3.05) is 26.7 Å². The zero-order chi connectivity index (χ0) is 31.3. The van der Waals surface area contributed by atoms with E-state index in [-0.39, 0.29) is 49.5 Å². The molecule has 3 rings (SSSR count). The number of carbonyl (C=O) groups is 2. The van der Waals surface area contributed by atoms with Crippen LogP contribution in [-0.2, 0) is 31.0 Å². The third kappa shape index (κ3) is 7.98. The Bertz CT molecular complexity index is 1390. The molecule has 1 atom stereocenters. The molecule has 2 amide bonds. The molecule has 0 saturated heterocycles. The summed E-state index contributed by atoms with van der Waals surface area (Å²) in [5.41, 5.74) is 6.04. The molecule has 0 radical (unpaired) electrons. The fourth-order valence-electron chi connectivity index (χ4n) is 5.33. The van der Waals surface area contributed by atoms with Crippen molar-refractivity contribution >= 4 is 50.8 Å². The Kier molecular flexibility index (Phi) is 12.8. The van der Waals surface area contributed by atoms with Crippen molar-refractivity contribution < 1.29 is 22.7 Å². The van der Waals surface area contributed by atoms with Gasteiger partial charge in [0.05, 0.1) is 29.2 Å². The Morgan fingerprint density at radius 3 is 2.16 bits per heavy atom. The predicted molar refractivity (Wildman–Crippen MR) is 174 cm³/mol. The van der Waals surface area contributed by atoms with E-state index in [0.717, 1.165) is 5.56 Å². The van der Waals surface area contributed by atoms with Crippen LogP contribution in [0, 0.1) is 0 Å². The zero-order valence-electron chi connectivity index (χ0n) is 25.7. The molecule has 2 aromatic rings. The van der Waals surface area contributed by atoms with Crippen LogP contribution in [0.1, 0.15) is 58.6 Å². The molecule has 1 aliphatic heterocycles. The van der Waals surface area contributed by atoms with E-state index in [0.29, 0.717) is 29.0 Å². The number of benzene rings is 2. The van der Waals surface area contributed by atoms with E-state index in [4.69, 9.17) is 22.1 Å². The van der Waals surface area contributed by atoms with Gasteiger partial charge in [0.1, 0.15) is 6.04 Å². The number of carbonyl (C=O) groups excluding carboxylic acids is 2. The summed E-state index contributed by atoms with van der Waals surface area (Å²) in [6.45, 7) is 9.34. The topological polar surface area (TPSA) is 122 Å². The average Bonchev–Trinajstić information content (AvgIpc) is 3.12. The molecule has 0 bridgehead atoms. The fraction of sp³-hybridized carbons (Fsp3) is 0.484. The highest BCUT2D eigenvalue weighted by Gasteiger charge is 2.52. The van der Waals surface area contributed by atoms with Crippen LogP contribution in [0.25, 0.3) is 4.91 Å². The molecule has 1 aliphatic rings. The fourth-order valence-corrected chi connectivity index (χ4v) is 7.56. The van der Waals surface area contributed by atoms with E-state index in [1.54, 1.807) is 50.1 Å². The zero-order valence-corrected chi connectivity index (χ0v) is 28.1. The first-order valence-corrected chi connectivity index (χ1v) is 16.0. The number of likely N-dealkylation sites (N-methyl/N-ethyl adjacent to an activating group) is 2. The van der Waals surface area contributed by atoms with E-state index in [1.807, 2.05) is 51.1 Å². The second kappa shape index (κ2) is 15.0. The molecule has 0 aliphatic carbocycles. The van der Waals surface area contributed by atoms with Gasteiger partial charge in [-0.2, -0.15) is 4.31 Å². The average molecular weight is 656 g/mol. The highest BCUT2D eigenvalue weighted by atomic mass is 35.5. The number of amides is 2. The van der Waals surface area contributed by atoms with Gasteiger partial charge in [-0.3, -0.25) is 9.59 Å². The third-order valence-electron chi connectivity index (χ3n) is 7.96. The quantitative estimate of drug-likeness (QED) is 0.326. The van der Waals surface area contributed by atoms with Gasteiger partial charge >= 0.3 is 0 Å². The normalized spacial score (nSPS) is 16.8. The van der Waals surface area contributed by atoms with Crippen molar-refractivity contribution in [3.8, 4) is 0 Å². The molecule has 12 heteroatoms. The maximum absolute atomic E-state index is 14.1. The summed E-state index contributed by atoms with van der Waals surface area (Å²) in [6.07, 6.45) is 1.03. The molecule has 0 spiro atoms. The molecular formula is C31H44Cl2N4O5S. The van der Waals surface area contributed by atoms with E-state index in [1.165, 1.54) is 4.31 Å². The van der Waals surface area contributed by atoms with Gasteiger partial charge < -0.3 is 20.7 Å². The van der Waals surface area contributed by atoms with Gasteiger partial charge in [-0.05, 0) is 62.4 Å². The highest BCUT2D eigenvalue weighted by Crippen LogP contribution is 2.48. The lowest BCUT2D eigenvalue weighted by molar-refractivity contribution is -0.139. The number of nitrogens with one attached hydrogen (secondary N) is 1. The van der Waals surface area contributed by atoms with Crippen LogP contribution in [0.5, 0.6) is 0 Å². The van der Waals surface area contributed by atoms with Crippen LogP contribution in [0.2, 0.25) is 5.02 Å². The first-order chi connectivity index (χ1) is 19.7. The van der Waals surface area contributed by atoms with Crippen molar-refractivity contribution in [3.05, 3.63) is 76.3 Å².